The summed E-state index contributed by atoms with van der Waals surface area (Å²) in [5.41, 5.74) is -0.510. The van der Waals surface area contributed by atoms with Gasteiger partial charge in [-0.05, 0) is 31.2 Å². The van der Waals surface area contributed by atoms with Gasteiger partial charge in [0.05, 0.1) is 16.7 Å². The van der Waals surface area contributed by atoms with Crippen LogP contribution in [0.15, 0.2) is 18.2 Å². The number of piperidine rings is 1. The van der Waals surface area contributed by atoms with Gasteiger partial charge in [-0.15, -0.1) is 0 Å². The Hall–Kier alpha value is -2.49. The van der Waals surface area contributed by atoms with Crippen molar-refractivity contribution in [2.24, 2.45) is 5.92 Å². The summed E-state index contributed by atoms with van der Waals surface area (Å²) in [5, 5.41) is 13.4. The predicted molar refractivity (Wildman–Crippen MR) is 98.7 cm³/mol. The van der Waals surface area contributed by atoms with Gasteiger partial charge in [-0.3, -0.25) is 10.1 Å². The van der Waals surface area contributed by atoms with Crippen molar-refractivity contribution in [1.82, 2.24) is 4.90 Å². The average Bonchev–Trinajstić information content (AvgIpc) is 2.62. The Morgan fingerprint density at radius 1 is 1.36 bits per heavy atom. The van der Waals surface area contributed by atoms with Crippen LogP contribution in [-0.4, -0.2) is 48.3 Å². The summed E-state index contributed by atoms with van der Waals surface area (Å²) in [7, 11) is 0. The second kappa shape index (κ2) is 10.2. The number of anilines is 1. The molecule has 0 atom stereocenters. The van der Waals surface area contributed by atoms with Crippen LogP contribution in [0.2, 0.25) is 0 Å². The Balaban J connectivity index is 1.95. The number of carbonyl (C=O) groups excluding carboxylic acids is 1. The first-order valence-corrected chi connectivity index (χ1v) is 9.17. The zero-order valence-electron chi connectivity index (χ0n) is 15.9. The molecule has 0 aromatic heterocycles. The molecule has 1 fully saturated rings. The number of alkyl halides is 2. The quantitative estimate of drug-likeness (QED) is 0.519. The number of hydrogen-bond acceptors (Lipinski definition) is 5. The van der Waals surface area contributed by atoms with Gasteiger partial charge in [-0.2, -0.15) is 8.78 Å². The van der Waals surface area contributed by atoms with Gasteiger partial charge < -0.3 is 19.7 Å². The van der Waals surface area contributed by atoms with Crippen molar-refractivity contribution < 1.29 is 28.0 Å². The highest BCUT2D eigenvalue weighted by molar-refractivity contribution is 5.91. The van der Waals surface area contributed by atoms with Crippen molar-refractivity contribution in [1.29, 1.82) is 0 Å². The number of nitro groups is 1. The summed E-state index contributed by atoms with van der Waals surface area (Å²) in [6.45, 7) is 2.69. The minimum absolute atomic E-state index is 0.0818. The van der Waals surface area contributed by atoms with Crippen molar-refractivity contribution >= 4 is 17.4 Å². The third-order valence-corrected chi connectivity index (χ3v) is 4.41. The number of carbonyl (C=O) groups is 1. The molecule has 1 aromatic rings. The molecule has 0 aliphatic carbocycles. The van der Waals surface area contributed by atoms with Gasteiger partial charge in [0.1, 0.15) is 5.75 Å². The molecular formula is C18H25F2N3O5. The van der Waals surface area contributed by atoms with E-state index in [9.17, 15) is 23.7 Å². The number of nitro benzene ring substituents is 1. The van der Waals surface area contributed by atoms with Crippen LogP contribution < -0.4 is 10.1 Å². The minimum Gasteiger partial charge on any atom is -0.433 e. The smallest absolute Gasteiger partial charge is 0.387 e. The first-order valence-electron chi connectivity index (χ1n) is 9.17. The number of nitrogens with one attached hydrogen (secondary N) is 1. The number of ether oxygens (including phenoxy) is 2. The topological polar surface area (TPSA) is 93.9 Å². The second-order valence-corrected chi connectivity index (χ2v) is 6.99. The number of hydrogen-bond donors (Lipinski definition) is 1. The van der Waals surface area contributed by atoms with E-state index in [4.69, 9.17) is 4.74 Å². The fraction of sp³-hybridized carbons (Fsp3) is 0.611. The summed E-state index contributed by atoms with van der Waals surface area (Å²) < 4.78 is 35.3. The lowest BCUT2D eigenvalue weighted by Crippen LogP contribution is -2.43. The molecule has 1 N–H and O–H groups in total. The van der Waals surface area contributed by atoms with E-state index < -0.39 is 17.6 Å². The number of likely N-dealkylation sites (tertiary alicyclic amines) is 1. The molecule has 0 spiro atoms. The van der Waals surface area contributed by atoms with Crippen LogP contribution in [0.4, 0.5) is 25.0 Å². The third kappa shape index (κ3) is 6.59. The van der Waals surface area contributed by atoms with E-state index in [-0.39, 0.29) is 23.2 Å². The zero-order valence-corrected chi connectivity index (χ0v) is 15.9. The monoisotopic (exact) mass is 401 g/mol. The highest BCUT2D eigenvalue weighted by Gasteiger charge is 2.25. The van der Waals surface area contributed by atoms with Gasteiger partial charge >= 0.3 is 12.6 Å². The summed E-state index contributed by atoms with van der Waals surface area (Å²) in [6.07, 6.45) is 2.39. The Morgan fingerprint density at radius 2 is 2.04 bits per heavy atom. The van der Waals surface area contributed by atoms with E-state index in [1.54, 1.807) is 0 Å². The van der Waals surface area contributed by atoms with Gasteiger partial charge in [0, 0.05) is 31.8 Å². The lowest BCUT2D eigenvalue weighted by molar-refractivity contribution is -0.384. The maximum Gasteiger partial charge on any atom is 0.387 e. The normalized spacial score (nSPS) is 15.1. The number of urea groups is 1. The largest absolute Gasteiger partial charge is 0.433 e. The van der Waals surface area contributed by atoms with Crippen molar-refractivity contribution in [2.75, 3.05) is 25.0 Å². The molecular weight excluding hydrogens is 376 g/mol. The summed E-state index contributed by atoms with van der Waals surface area (Å²) in [6, 6.07) is 2.54. The molecule has 8 nitrogen and oxygen atoms in total. The van der Waals surface area contributed by atoms with Crippen LogP contribution in [0.1, 0.15) is 33.1 Å². The van der Waals surface area contributed by atoms with Crippen molar-refractivity contribution in [2.45, 2.75) is 45.8 Å². The van der Waals surface area contributed by atoms with Crippen LogP contribution in [0.5, 0.6) is 5.75 Å². The first kappa shape index (κ1) is 21.8. The van der Waals surface area contributed by atoms with Gasteiger partial charge in [-0.1, -0.05) is 13.8 Å². The Bertz CT molecular complexity index is 679. The summed E-state index contributed by atoms with van der Waals surface area (Å²) in [5.74, 6) is 0.228. The molecule has 1 heterocycles. The lowest BCUT2D eigenvalue weighted by Gasteiger charge is -2.32. The maximum atomic E-state index is 12.6. The molecule has 1 aliphatic heterocycles. The van der Waals surface area contributed by atoms with Crippen LogP contribution >= 0.6 is 0 Å². The molecule has 0 bridgehead atoms. The van der Waals surface area contributed by atoms with Crippen LogP contribution in [-0.2, 0) is 4.74 Å². The molecule has 0 unspecified atom stereocenters. The summed E-state index contributed by atoms with van der Waals surface area (Å²) in [4.78, 5) is 24.2. The number of benzene rings is 1. The van der Waals surface area contributed by atoms with Crippen molar-refractivity contribution in [3.8, 4) is 5.75 Å². The van der Waals surface area contributed by atoms with E-state index in [2.05, 4.69) is 23.9 Å². The van der Waals surface area contributed by atoms with Crippen molar-refractivity contribution in [3.63, 3.8) is 0 Å². The molecule has 0 saturated carbocycles. The van der Waals surface area contributed by atoms with Gasteiger partial charge in [0.2, 0.25) is 0 Å². The molecule has 0 radical (unpaired) electrons. The van der Waals surface area contributed by atoms with E-state index in [0.29, 0.717) is 38.5 Å². The number of halogens is 2. The van der Waals surface area contributed by atoms with E-state index in [1.165, 1.54) is 4.90 Å². The van der Waals surface area contributed by atoms with Crippen LogP contribution in [0, 0.1) is 16.0 Å². The van der Waals surface area contributed by atoms with E-state index in [0.717, 1.165) is 24.6 Å². The number of rotatable bonds is 8. The van der Waals surface area contributed by atoms with Gasteiger partial charge in [0.25, 0.3) is 5.69 Å². The van der Waals surface area contributed by atoms with E-state index in [1.807, 2.05) is 0 Å². The Morgan fingerprint density at radius 3 is 2.61 bits per heavy atom. The molecule has 10 heteroatoms. The van der Waals surface area contributed by atoms with Gasteiger partial charge in [0.15, 0.2) is 0 Å². The second-order valence-electron chi connectivity index (χ2n) is 6.99. The zero-order chi connectivity index (χ0) is 20.7. The number of amides is 2. The molecule has 1 aromatic carbocycles. The molecule has 1 aliphatic rings. The fourth-order valence-electron chi connectivity index (χ4n) is 2.82. The minimum atomic E-state index is -3.11. The standard InChI is InChI=1S/C18H25F2N3O5/c1-12(2)7-10-27-14-5-8-22(9-6-14)18(24)21-15-11-13(23(25)26)3-4-16(15)28-17(19)20/h3-4,11-12,14,17H,5-10H2,1-2H3,(H,21,24). The maximum absolute atomic E-state index is 12.6. The van der Waals surface area contributed by atoms with Crippen LogP contribution in [0.25, 0.3) is 0 Å². The molecule has 28 heavy (non-hydrogen) atoms. The first-order chi connectivity index (χ1) is 13.3. The third-order valence-electron chi connectivity index (χ3n) is 4.41. The molecule has 2 amide bonds. The number of non-ortho nitro benzene ring substituents is 1. The SMILES string of the molecule is CC(C)CCOC1CCN(C(=O)Nc2cc([N+](=O)[O-])ccc2OC(F)F)CC1. The molecule has 2 rings (SSSR count). The fourth-order valence-corrected chi connectivity index (χ4v) is 2.82. The highest BCUT2D eigenvalue weighted by atomic mass is 19.3. The summed E-state index contributed by atoms with van der Waals surface area (Å²) >= 11 is 0. The lowest BCUT2D eigenvalue weighted by atomic mass is 10.1. The number of nitrogens with zero attached hydrogens (tertiary/aromatic N) is 2. The Labute approximate surface area is 161 Å². The highest BCUT2D eigenvalue weighted by Crippen LogP contribution is 2.31. The molecule has 1 saturated heterocycles. The Kier molecular flexibility index (Phi) is 7.91. The van der Waals surface area contributed by atoms with Crippen LogP contribution in [0.3, 0.4) is 0 Å². The predicted octanol–water partition coefficient (Wildman–Crippen LogP) is 4.26. The van der Waals surface area contributed by atoms with E-state index >= 15 is 0 Å². The van der Waals surface area contributed by atoms with Crippen molar-refractivity contribution in [3.05, 3.63) is 28.3 Å². The average molecular weight is 401 g/mol. The molecule has 156 valence electrons. The van der Waals surface area contributed by atoms with Gasteiger partial charge in [-0.25, -0.2) is 4.79 Å².